The van der Waals surface area contributed by atoms with Crippen LogP contribution in [0.4, 0.5) is 0 Å². The first-order chi connectivity index (χ1) is 9.29. The molecule has 0 amide bonds. The van der Waals surface area contributed by atoms with E-state index in [1.807, 2.05) is 0 Å². The van der Waals surface area contributed by atoms with Gasteiger partial charge in [0, 0.05) is 20.3 Å². The van der Waals surface area contributed by atoms with Crippen molar-refractivity contribution in [2.75, 3.05) is 14.1 Å². The highest BCUT2D eigenvalue weighted by Crippen LogP contribution is 2.25. The number of H-pyrrole nitrogens is 1. The highest BCUT2D eigenvalue weighted by Gasteiger charge is 2.40. The van der Waals surface area contributed by atoms with Crippen LogP contribution in [0, 0.1) is 0 Å². The van der Waals surface area contributed by atoms with Crippen LogP contribution in [0.25, 0.3) is 0 Å². The summed E-state index contributed by atoms with van der Waals surface area (Å²) in [5.41, 5.74) is -2.17. The van der Waals surface area contributed by atoms with Crippen LogP contribution in [0.2, 0.25) is 0 Å². The maximum atomic E-state index is 11.9. The van der Waals surface area contributed by atoms with Crippen LogP contribution in [0.1, 0.15) is 27.7 Å². The second-order valence-corrected chi connectivity index (χ2v) is 8.04. The highest BCUT2D eigenvalue weighted by molar-refractivity contribution is 7.88. The van der Waals surface area contributed by atoms with Gasteiger partial charge in [-0.3, -0.25) is 0 Å². The third-order valence-electron chi connectivity index (χ3n) is 3.44. The number of hydrogen-bond donors (Lipinski definition) is 3. The molecule has 120 valence electrons. The van der Waals surface area contributed by atoms with Crippen molar-refractivity contribution >= 4 is 22.7 Å². The van der Waals surface area contributed by atoms with Crippen LogP contribution in [-0.4, -0.2) is 65.2 Å². The summed E-state index contributed by atoms with van der Waals surface area (Å²) in [5.74, 6) is 0. The van der Waals surface area contributed by atoms with Crippen LogP contribution in [0.5, 0.6) is 0 Å². The van der Waals surface area contributed by atoms with Crippen molar-refractivity contribution in [3.05, 3.63) is 6.20 Å². The number of sulfonamides is 1. The minimum Gasteiger partial charge on any atom is -0.422 e. The summed E-state index contributed by atoms with van der Waals surface area (Å²) in [7, 11) is -2.40. The zero-order valence-electron chi connectivity index (χ0n) is 13.1. The number of aromatic nitrogens is 2. The number of aromatic amines is 1. The van der Waals surface area contributed by atoms with Crippen molar-refractivity contribution in [1.29, 1.82) is 0 Å². The number of nitrogens with one attached hydrogen (secondary N) is 1. The first-order valence-corrected chi connectivity index (χ1v) is 7.79. The van der Waals surface area contributed by atoms with Crippen LogP contribution >= 0.6 is 0 Å². The maximum absolute atomic E-state index is 11.9. The van der Waals surface area contributed by atoms with Crippen LogP contribution in [0.15, 0.2) is 11.4 Å². The van der Waals surface area contributed by atoms with Crippen LogP contribution in [-0.2, 0) is 14.7 Å². The molecule has 0 spiro atoms. The molecule has 0 saturated carbocycles. The zero-order valence-corrected chi connectivity index (χ0v) is 13.9. The van der Waals surface area contributed by atoms with Crippen molar-refractivity contribution in [2.45, 2.75) is 44.1 Å². The fourth-order valence-corrected chi connectivity index (χ4v) is 2.01. The molecule has 1 aromatic rings. The van der Waals surface area contributed by atoms with Gasteiger partial charge in [-0.05, 0) is 27.7 Å². The molecule has 10 heteroatoms. The smallest absolute Gasteiger partial charge is 0.422 e. The molecule has 0 aliphatic rings. The lowest BCUT2D eigenvalue weighted by molar-refractivity contribution is -0.0983. The van der Waals surface area contributed by atoms with E-state index < -0.39 is 28.3 Å². The van der Waals surface area contributed by atoms with Gasteiger partial charge in [0.05, 0.1) is 16.8 Å². The Morgan fingerprint density at radius 1 is 1.33 bits per heavy atom. The molecule has 0 atom stereocenters. The predicted molar refractivity (Wildman–Crippen MR) is 78.5 cm³/mol. The molecule has 1 aromatic heterocycles. The quantitative estimate of drug-likeness (QED) is 0.574. The number of imidazole rings is 1. The average Bonchev–Trinajstić information content (AvgIpc) is 2.76. The van der Waals surface area contributed by atoms with E-state index in [1.54, 1.807) is 27.7 Å². The van der Waals surface area contributed by atoms with E-state index in [1.165, 1.54) is 20.3 Å². The molecule has 1 heterocycles. The molecular formula is C11H22BN3O5S. The summed E-state index contributed by atoms with van der Waals surface area (Å²) in [6.45, 7) is 6.33. The van der Waals surface area contributed by atoms with Crippen molar-refractivity contribution < 1.29 is 23.2 Å². The Balaban J connectivity index is 2.97. The Labute approximate surface area is 125 Å². The van der Waals surface area contributed by atoms with E-state index in [0.717, 1.165) is 4.31 Å². The van der Waals surface area contributed by atoms with Crippen molar-refractivity contribution in [3.63, 3.8) is 0 Å². The summed E-state index contributed by atoms with van der Waals surface area (Å²) in [4.78, 5) is 6.25. The molecule has 0 saturated heterocycles. The van der Waals surface area contributed by atoms with E-state index in [9.17, 15) is 18.5 Å². The fourth-order valence-electron chi connectivity index (χ4n) is 1.23. The molecule has 0 aliphatic heterocycles. The number of hydrogen-bond acceptors (Lipinski definition) is 6. The molecule has 0 fully saturated rings. The van der Waals surface area contributed by atoms with Gasteiger partial charge in [0.25, 0.3) is 10.0 Å². The van der Waals surface area contributed by atoms with Gasteiger partial charge in [0.15, 0.2) is 0 Å². The van der Waals surface area contributed by atoms with Gasteiger partial charge in [-0.25, -0.2) is 17.7 Å². The highest BCUT2D eigenvalue weighted by atomic mass is 32.2. The summed E-state index contributed by atoms with van der Waals surface area (Å²) < 4.78 is 30.2. The van der Waals surface area contributed by atoms with Gasteiger partial charge in [-0.2, -0.15) is 0 Å². The second kappa shape index (κ2) is 5.69. The zero-order chi connectivity index (χ0) is 16.6. The lowest BCUT2D eigenvalue weighted by Crippen LogP contribution is -2.53. The molecule has 0 bridgehead atoms. The fraction of sp³-hybridized carbons (Fsp3) is 0.727. The predicted octanol–water partition coefficient (Wildman–Crippen LogP) is -1.09. The number of rotatable bonds is 6. The lowest BCUT2D eigenvalue weighted by Gasteiger charge is -2.38. The van der Waals surface area contributed by atoms with E-state index in [-0.39, 0.29) is 10.7 Å². The van der Waals surface area contributed by atoms with Crippen LogP contribution < -0.4 is 5.59 Å². The summed E-state index contributed by atoms with van der Waals surface area (Å²) >= 11 is 0. The molecule has 3 N–H and O–H groups in total. The number of aliphatic hydroxyl groups is 1. The summed E-state index contributed by atoms with van der Waals surface area (Å²) in [6.07, 6.45) is 1.18. The third-order valence-corrected chi connectivity index (χ3v) is 5.10. The van der Waals surface area contributed by atoms with Gasteiger partial charge in [0.1, 0.15) is 0 Å². The van der Waals surface area contributed by atoms with Gasteiger partial charge >= 0.3 is 7.12 Å². The van der Waals surface area contributed by atoms with E-state index >= 15 is 0 Å². The SMILES string of the molecule is CN(C)S(=O)(=O)c1ncc(B(O)OC(C)(C)C(C)(C)O)[nH]1. The molecule has 21 heavy (non-hydrogen) atoms. The summed E-state index contributed by atoms with van der Waals surface area (Å²) in [6, 6.07) is 0. The minimum atomic E-state index is -3.71. The van der Waals surface area contributed by atoms with E-state index in [2.05, 4.69) is 9.97 Å². The molecule has 0 aliphatic carbocycles. The van der Waals surface area contributed by atoms with Crippen molar-refractivity contribution in [3.8, 4) is 0 Å². The maximum Gasteiger partial charge on any atom is 0.510 e. The molecule has 1 rings (SSSR count). The lowest BCUT2D eigenvalue weighted by atomic mass is 9.81. The number of nitrogens with zero attached hydrogens (tertiary/aromatic N) is 2. The van der Waals surface area contributed by atoms with E-state index in [4.69, 9.17) is 4.65 Å². The largest absolute Gasteiger partial charge is 0.510 e. The van der Waals surface area contributed by atoms with Gasteiger partial charge in [-0.15, -0.1) is 0 Å². The Hall–Kier alpha value is -0.935. The Kier molecular flexibility index (Phi) is 4.91. The first-order valence-electron chi connectivity index (χ1n) is 6.35. The summed E-state index contributed by atoms with van der Waals surface area (Å²) in [5, 5.41) is 19.7. The van der Waals surface area contributed by atoms with Gasteiger partial charge < -0.3 is 19.8 Å². The Morgan fingerprint density at radius 2 is 1.86 bits per heavy atom. The van der Waals surface area contributed by atoms with Gasteiger partial charge in [-0.1, -0.05) is 0 Å². The Bertz CT molecular complexity index is 591. The standard InChI is InChI=1S/C11H22BN3O5S/c1-10(2,16)11(3,4)20-12(17)8-7-13-9(14-8)21(18,19)15(5)6/h7,16-17H,1-6H3,(H,13,14). The Morgan fingerprint density at radius 3 is 2.29 bits per heavy atom. The molecule has 0 radical (unpaired) electrons. The first kappa shape index (κ1) is 18.1. The van der Waals surface area contributed by atoms with Crippen molar-refractivity contribution in [1.82, 2.24) is 14.3 Å². The van der Waals surface area contributed by atoms with E-state index in [0.29, 0.717) is 0 Å². The van der Waals surface area contributed by atoms with Gasteiger partial charge in [0.2, 0.25) is 5.16 Å². The third kappa shape index (κ3) is 3.83. The monoisotopic (exact) mass is 319 g/mol. The average molecular weight is 319 g/mol. The van der Waals surface area contributed by atoms with Crippen molar-refractivity contribution in [2.24, 2.45) is 0 Å². The molecule has 0 unspecified atom stereocenters. The normalized spacial score (nSPS) is 13.8. The topological polar surface area (TPSA) is 116 Å². The minimum absolute atomic E-state index is 0.0905. The van der Waals surface area contributed by atoms with Crippen LogP contribution in [0.3, 0.4) is 0 Å². The molecule has 0 aromatic carbocycles. The molecular weight excluding hydrogens is 297 g/mol. The molecule has 8 nitrogen and oxygen atoms in total. The second-order valence-electron chi connectivity index (χ2n) is 5.97.